The van der Waals surface area contributed by atoms with Crippen molar-refractivity contribution in [2.75, 3.05) is 0 Å². The van der Waals surface area contributed by atoms with Gasteiger partial charge in [-0.25, -0.2) is 8.78 Å². The molecule has 0 aliphatic rings. The highest BCUT2D eigenvalue weighted by atomic mass is 19.1. The van der Waals surface area contributed by atoms with Gasteiger partial charge in [-0.3, -0.25) is 4.79 Å². The van der Waals surface area contributed by atoms with E-state index in [4.69, 9.17) is 1.41 Å². The lowest BCUT2D eigenvalue weighted by molar-refractivity contribution is -0.118. The summed E-state index contributed by atoms with van der Waals surface area (Å²) >= 11 is 0. The number of rotatable bonds is 4. The summed E-state index contributed by atoms with van der Waals surface area (Å²) in [6, 6.07) is 2.33. The fraction of sp³-hybridized carbons (Fsp3) is 0.300. The first-order chi connectivity index (χ1) is 7.02. The van der Waals surface area contributed by atoms with Gasteiger partial charge in [-0.1, -0.05) is 0 Å². The molecule has 0 aliphatic heterocycles. The van der Waals surface area contributed by atoms with Crippen molar-refractivity contribution in [1.82, 2.24) is 0 Å². The van der Waals surface area contributed by atoms with E-state index in [0.29, 0.717) is 5.56 Å². The standard InChI is InChI=1S/C10H11F2NO/c1-6(14)10(13)4-7-2-8(11)5-9(12)3-7/h2-3,5,10H,4,13H2,1H3/t10-/m0/s1/i/hT. The van der Waals surface area contributed by atoms with Crippen LogP contribution >= 0.6 is 0 Å². The molecule has 0 saturated carbocycles. The van der Waals surface area contributed by atoms with Gasteiger partial charge in [-0.05, 0) is 31.0 Å². The van der Waals surface area contributed by atoms with Gasteiger partial charge in [-0.15, -0.1) is 0 Å². The van der Waals surface area contributed by atoms with Crippen LogP contribution in [0.15, 0.2) is 18.2 Å². The van der Waals surface area contributed by atoms with Gasteiger partial charge in [-0.2, -0.15) is 0 Å². The molecule has 1 rings (SSSR count). The van der Waals surface area contributed by atoms with Gasteiger partial charge < -0.3 is 5.73 Å². The van der Waals surface area contributed by atoms with Crippen LogP contribution in [-0.4, -0.2) is 11.8 Å². The van der Waals surface area contributed by atoms with Gasteiger partial charge in [0.15, 0.2) is 0 Å². The number of nitrogens with two attached hydrogens (primary N) is 1. The van der Waals surface area contributed by atoms with E-state index in [9.17, 15) is 13.6 Å². The van der Waals surface area contributed by atoms with Crippen molar-refractivity contribution >= 4 is 5.78 Å². The van der Waals surface area contributed by atoms with E-state index in [1.165, 1.54) is 6.92 Å². The fourth-order valence-corrected chi connectivity index (χ4v) is 1.11. The van der Waals surface area contributed by atoms with Crippen molar-refractivity contribution < 1.29 is 15.0 Å². The second kappa shape index (κ2) is 4.28. The molecular formula is C10H11F2NO. The first-order valence-corrected chi connectivity index (χ1v) is 4.15. The molecule has 0 spiro atoms. The van der Waals surface area contributed by atoms with Gasteiger partial charge >= 0.3 is 0 Å². The smallest absolute Gasteiger partial charge is 0.146 e. The molecule has 76 valence electrons. The average molecular weight is 201 g/mol. The Morgan fingerprint density at radius 1 is 1.50 bits per heavy atom. The van der Waals surface area contributed by atoms with Crippen molar-refractivity contribution in [3.8, 4) is 0 Å². The van der Waals surface area contributed by atoms with Gasteiger partial charge in [0.05, 0.1) is 6.04 Å². The van der Waals surface area contributed by atoms with Crippen LogP contribution in [0.4, 0.5) is 8.78 Å². The quantitative estimate of drug-likeness (QED) is 0.800. The summed E-state index contributed by atoms with van der Waals surface area (Å²) in [5.41, 5.74) is 2.40. The Morgan fingerprint density at radius 3 is 2.50 bits per heavy atom. The van der Waals surface area contributed by atoms with Crippen LogP contribution in [-0.2, 0) is 11.2 Å². The Hall–Kier alpha value is -1.29. The highest BCUT2D eigenvalue weighted by molar-refractivity contribution is 5.81. The molecule has 1 aromatic rings. The third-order valence-corrected chi connectivity index (χ3v) is 1.85. The van der Waals surface area contributed by atoms with Crippen LogP contribution in [0.2, 0.25) is 1.41 Å². The highest BCUT2D eigenvalue weighted by Gasteiger charge is 2.10. The van der Waals surface area contributed by atoms with Crippen LogP contribution in [0.1, 0.15) is 12.5 Å². The zero-order chi connectivity index (χ0) is 11.4. The maximum Gasteiger partial charge on any atom is 0.146 e. The molecule has 0 amide bonds. The van der Waals surface area contributed by atoms with E-state index < -0.39 is 17.7 Å². The minimum atomic E-state index is -0.730. The molecule has 0 radical (unpaired) electrons. The van der Waals surface area contributed by atoms with Gasteiger partial charge in [0.2, 0.25) is 0 Å². The second-order valence-electron chi connectivity index (χ2n) is 3.15. The van der Waals surface area contributed by atoms with Gasteiger partial charge in [0.1, 0.15) is 18.8 Å². The number of ketones is 1. The molecule has 2 nitrogen and oxygen atoms in total. The molecule has 0 bridgehead atoms. The lowest BCUT2D eigenvalue weighted by atomic mass is 10.0. The molecular weight excluding hydrogens is 188 g/mol. The number of carbonyl (C=O) groups is 1. The van der Waals surface area contributed by atoms with E-state index >= 15 is 0 Å². The Kier molecular flexibility index (Phi) is 2.84. The summed E-state index contributed by atoms with van der Waals surface area (Å²) in [7, 11) is 0. The average Bonchev–Trinajstić information content (AvgIpc) is 2.12. The molecule has 0 saturated heterocycles. The largest absolute Gasteiger partial charge is 0.321 e. The van der Waals surface area contributed by atoms with E-state index in [1.54, 1.807) is 0 Å². The summed E-state index contributed by atoms with van der Waals surface area (Å²) in [6.07, 6.45) is 0.105. The predicted octanol–water partition coefficient (Wildman–Crippen LogP) is 1.42. The number of carbonyl (C=O) groups excluding carboxylic acids is 1. The molecule has 0 heterocycles. The van der Waals surface area contributed by atoms with E-state index in [-0.39, 0.29) is 12.2 Å². The number of halogens is 2. The summed E-state index contributed by atoms with van der Waals surface area (Å²) < 4.78 is 32.5. The summed E-state index contributed by atoms with van der Waals surface area (Å²) in [5.74, 6) is -1.61. The molecule has 0 aromatic heterocycles. The Morgan fingerprint density at radius 2 is 2.07 bits per heavy atom. The lowest BCUT2D eigenvalue weighted by Gasteiger charge is -2.07. The molecule has 14 heavy (non-hydrogen) atoms. The molecule has 0 aliphatic carbocycles. The predicted molar refractivity (Wildman–Crippen MR) is 48.7 cm³/mol. The molecule has 4 heteroatoms. The Bertz CT molecular complexity index is 350. The number of Topliss-reactive ketones (excluding diaryl/α,β-unsaturated/α-hetero) is 1. The first kappa shape index (κ1) is 9.27. The lowest BCUT2D eigenvalue weighted by Crippen LogP contribution is -2.30. The topological polar surface area (TPSA) is 43.1 Å². The van der Waals surface area contributed by atoms with Crippen LogP contribution in [0.5, 0.6) is 0 Å². The van der Waals surface area contributed by atoms with Crippen LogP contribution in [0.25, 0.3) is 0 Å². The summed E-state index contributed by atoms with van der Waals surface area (Å²) in [6.45, 7) is 1.32. The van der Waals surface area contributed by atoms with Crippen LogP contribution in [0.3, 0.4) is 0 Å². The Labute approximate surface area is 82.2 Å². The van der Waals surface area contributed by atoms with Crippen molar-refractivity contribution in [3.05, 3.63) is 35.4 Å². The van der Waals surface area contributed by atoms with Crippen molar-refractivity contribution in [2.45, 2.75) is 19.4 Å². The van der Waals surface area contributed by atoms with Crippen molar-refractivity contribution in [3.63, 3.8) is 0 Å². The number of hydrogen-bond donors (Lipinski definition) is 1. The molecule has 1 aromatic carbocycles. The zero-order valence-corrected chi connectivity index (χ0v) is 7.68. The first-order valence-electron chi connectivity index (χ1n) is 4.65. The molecule has 1 atom stereocenters. The maximum atomic E-state index is 12.8. The Balaban J connectivity index is 2.83. The van der Waals surface area contributed by atoms with Crippen molar-refractivity contribution in [1.29, 1.82) is 0 Å². The molecule has 2 N–H and O–H groups in total. The van der Waals surface area contributed by atoms with Crippen LogP contribution < -0.4 is 5.73 Å². The molecule has 0 fully saturated rings. The zero-order valence-electron chi connectivity index (χ0n) is 8.68. The SMILES string of the molecule is [3H]N[C@@H](Cc1cc(F)cc(F)c1)C(C)=O. The minimum absolute atomic E-state index is 0.105. The normalized spacial score (nSPS) is 13.5. The number of hydrogen-bond acceptors (Lipinski definition) is 2. The van der Waals surface area contributed by atoms with Gasteiger partial charge in [0.25, 0.3) is 0 Å². The van der Waals surface area contributed by atoms with Gasteiger partial charge in [0, 0.05) is 6.07 Å². The van der Waals surface area contributed by atoms with Crippen LogP contribution in [0, 0.1) is 11.6 Å². The maximum absolute atomic E-state index is 12.8. The minimum Gasteiger partial charge on any atom is -0.321 e. The highest BCUT2D eigenvalue weighted by Crippen LogP contribution is 2.09. The number of benzene rings is 1. The fourth-order valence-electron chi connectivity index (χ4n) is 1.11. The van der Waals surface area contributed by atoms with Crippen molar-refractivity contribution in [2.24, 2.45) is 5.73 Å². The monoisotopic (exact) mass is 201 g/mol. The molecule has 0 unspecified atom stereocenters. The van der Waals surface area contributed by atoms with E-state index in [1.807, 2.05) is 5.73 Å². The second-order valence-corrected chi connectivity index (χ2v) is 3.15. The summed E-state index contributed by atoms with van der Waals surface area (Å²) in [5, 5.41) is 0. The van der Waals surface area contributed by atoms with E-state index in [0.717, 1.165) is 18.2 Å². The van der Waals surface area contributed by atoms with E-state index in [2.05, 4.69) is 0 Å². The summed E-state index contributed by atoms with van der Waals surface area (Å²) in [4.78, 5) is 11.0. The third kappa shape index (κ3) is 2.88. The third-order valence-electron chi connectivity index (χ3n) is 1.85.